The summed E-state index contributed by atoms with van der Waals surface area (Å²) in [6, 6.07) is 12.9. The van der Waals surface area contributed by atoms with E-state index >= 15 is 0 Å². The highest BCUT2D eigenvalue weighted by Gasteiger charge is 2.06. The highest BCUT2D eigenvalue weighted by Crippen LogP contribution is 2.16. The number of nitrogens with one attached hydrogen (secondary N) is 2. The van der Waals surface area contributed by atoms with Gasteiger partial charge in [-0.3, -0.25) is 14.8 Å². The van der Waals surface area contributed by atoms with E-state index in [1.54, 1.807) is 18.3 Å². The largest absolute Gasteiger partial charge is 0.859 e. The summed E-state index contributed by atoms with van der Waals surface area (Å²) >= 11 is 5.15. The van der Waals surface area contributed by atoms with Gasteiger partial charge >= 0.3 is 0 Å². The topological polar surface area (TPSA) is 87.3 Å². The predicted molar refractivity (Wildman–Crippen MR) is 95.7 cm³/mol. The lowest BCUT2D eigenvalue weighted by Gasteiger charge is -2.19. The molecule has 0 aliphatic rings. The first-order valence-corrected chi connectivity index (χ1v) is 8.06. The second kappa shape index (κ2) is 7.23. The molecule has 1 aromatic carbocycles. The fourth-order valence-electron chi connectivity index (χ4n) is 2.34. The quantitative estimate of drug-likeness (QED) is 0.573. The van der Waals surface area contributed by atoms with Gasteiger partial charge in [0, 0.05) is 24.0 Å². The Morgan fingerprint density at radius 3 is 2.72 bits per heavy atom. The predicted octanol–water partition coefficient (Wildman–Crippen LogP) is 1.71. The summed E-state index contributed by atoms with van der Waals surface area (Å²) in [4.78, 5) is 21.9. The van der Waals surface area contributed by atoms with Crippen molar-refractivity contribution in [2.75, 3.05) is 0 Å². The first-order valence-electron chi connectivity index (χ1n) is 7.65. The molecule has 2 heterocycles. The zero-order chi connectivity index (χ0) is 17.8. The van der Waals surface area contributed by atoms with Crippen LogP contribution in [0.4, 0.5) is 0 Å². The van der Waals surface area contributed by atoms with Crippen molar-refractivity contribution in [3.05, 3.63) is 80.6 Å². The molecule has 0 bridgehead atoms. The van der Waals surface area contributed by atoms with E-state index < -0.39 is 11.4 Å². The van der Waals surface area contributed by atoms with Gasteiger partial charge in [0.1, 0.15) is 6.54 Å². The molecule has 2 N–H and O–H groups in total. The average molecular weight is 352 g/mol. The summed E-state index contributed by atoms with van der Waals surface area (Å²) in [5.41, 5.74) is 1.94. The number of aliphatic imine (C=N–C) groups is 1. The Labute approximate surface area is 149 Å². The van der Waals surface area contributed by atoms with Gasteiger partial charge in [-0.25, -0.2) is 4.98 Å². The van der Waals surface area contributed by atoms with Crippen molar-refractivity contribution in [2.24, 2.45) is 4.99 Å². The van der Waals surface area contributed by atoms with Crippen LogP contribution in [0.2, 0.25) is 0 Å². The van der Waals surface area contributed by atoms with Crippen LogP contribution in [0.1, 0.15) is 16.8 Å². The number of aryl methyl sites for hydroxylation is 1. The van der Waals surface area contributed by atoms with Crippen molar-refractivity contribution >= 4 is 18.4 Å². The summed E-state index contributed by atoms with van der Waals surface area (Å²) in [5, 5.41) is 12.7. The lowest BCUT2D eigenvalue weighted by atomic mass is 10.2. The molecule has 126 valence electrons. The highest BCUT2D eigenvalue weighted by molar-refractivity contribution is 7.71. The molecule has 0 unspecified atom stereocenters. The normalized spacial score (nSPS) is 11.1. The summed E-state index contributed by atoms with van der Waals surface area (Å²) in [6.45, 7) is 2.28. The summed E-state index contributed by atoms with van der Waals surface area (Å²) < 4.78 is 1.36. The van der Waals surface area contributed by atoms with E-state index in [0.29, 0.717) is 12.2 Å². The van der Waals surface area contributed by atoms with Crippen LogP contribution < -0.4 is 15.6 Å². The van der Waals surface area contributed by atoms with Gasteiger partial charge in [-0.1, -0.05) is 23.8 Å². The van der Waals surface area contributed by atoms with Crippen LogP contribution in [0.25, 0.3) is 5.69 Å². The smallest absolute Gasteiger partial charge is 0.259 e. The fraction of sp³-hybridized carbons (Fsp3) is 0.111. The van der Waals surface area contributed by atoms with Crippen molar-refractivity contribution in [3.63, 3.8) is 0 Å². The van der Waals surface area contributed by atoms with Crippen LogP contribution in [0, 0.1) is 11.7 Å². The Hall–Kier alpha value is -3.06. The Morgan fingerprint density at radius 1 is 1.28 bits per heavy atom. The number of benzene rings is 1. The molecule has 0 saturated heterocycles. The minimum absolute atomic E-state index is 0.0508. The molecule has 7 heteroatoms. The second-order valence-electron chi connectivity index (χ2n) is 5.51. The van der Waals surface area contributed by atoms with Crippen LogP contribution in [-0.2, 0) is 6.54 Å². The van der Waals surface area contributed by atoms with Gasteiger partial charge in [0.25, 0.3) is 5.56 Å². The van der Waals surface area contributed by atoms with Crippen molar-refractivity contribution in [2.45, 2.75) is 13.5 Å². The van der Waals surface area contributed by atoms with Crippen molar-refractivity contribution < 1.29 is 10.1 Å². The molecule has 3 rings (SSSR count). The molecule has 0 atom stereocenters. The van der Waals surface area contributed by atoms with E-state index in [1.807, 2.05) is 37.3 Å². The van der Waals surface area contributed by atoms with Crippen molar-refractivity contribution in [1.82, 2.24) is 9.55 Å². The fourth-order valence-corrected chi connectivity index (χ4v) is 2.62. The van der Waals surface area contributed by atoms with E-state index in [1.165, 1.54) is 10.8 Å². The zero-order valence-corrected chi connectivity index (χ0v) is 14.3. The van der Waals surface area contributed by atoms with Crippen LogP contribution >= 0.6 is 12.2 Å². The van der Waals surface area contributed by atoms with Gasteiger partial charge in [0.2, 0.25) is 5.69 Å². The van der Waals surface area contributed by atoms with Crippen LogP contribution in [0.3, 0.4) is 0 Å². The average Bonchev–Trinajstić information content (AvgIpc) is 2.60. The van der Waals surface area contributed by atoms with E-state index in [-0.39, 0.29) is 10.3 Å². The van der Waals surface area contributed by atoms with E-state index in [9.17, 15) is 9.90 Å². The summed E-state index contributed by atoms with van der Waals surface area (Å²) in [7, 11) is 0. The Bertz CT molecular complexity index is 1020. The third-order valence-electron chi connectivity index (χ3n) is 3.65. The van der Waals surface area contributed by atoms with Gasteiger partial charge in [-0.05, 0) is 37.2 Å². The van der Waals surface area contributed by atoms with Crippen molar-refractivity contribution in [3.8, 4) is 11.6 Å². The molecule has 0 fully saturated rings. The van der Waals surface area contributed by atoms with E-state index in [0.717, 1.165) is 11.3 Å². The molecule has 0 saturated carbocycles. The summed E-state index contributed by atoms with van der Waals surface area (Å²) in [6.07, 6.45) is 3.08. The maximum atomic E-state index is 12.7. The molecule has 2 aromatic heterocycles. The first-order chi connectivity index (χ1) is 12.1. The molecular weight excluding hydrogens is 336 g/mol. The van der Waals surface area contributed by atoms with E-state index in [2.05, 4.69) is 15.0 Å². The van der Waals surface area contributed by atoms with Crippen LogP contribution in [-0.4, -0.2) is 15.8 Å². The third-order valence-corrected chi connectivity index (χ3v) is 3.93. The van der Waals surface area contributed by atoms with Gasteiger partial charge in [-0.15, -0.1) is 0 Å². The molecular formula is C18H16N4O2S. The van der Waals surface area contributed by atoms with Gasteiger partial charge in [0.05, 0.1) is 5.56 Å². The number of rotatable bonds is 4. The monoisotopic (exact) mass is 352 g/mol. The number of aromatic nitrogens is 3. The first kappa shape index (κ1) is 16.8. The summed E-state index contributed by atoms with van der Waals surface area (Å²) in [5.74, 6) is -0.488. The molecule has 0 radical (unpaired) electrons. The van der Waals surface area contributed by atoms with Crippen LogP contribution in [0.15, 0.2) is 58.4 Å². The molecule has 0 aliphatic carbocycles. The minimum atomic E-state index is -0.542. The number of H-pyrrole nitrogens is 2. The molecule has 0 aliphatic heterocycles. The Kier molecular flexibility index (Phi) is 4.85. The number of hydrogen-bond acceptors (Lipinski definition) is 4. The van der Waals surface area contributed by atoms with Crippen LogP contribution in [0.5, 0.6) is 5.88 Å². The Morgan fingerprint density at radius 2 is 2.04 bits per heavy atom. The second-order valence-corrected chi connectivity index (χ2v) is 5.89. The molecule has 3 aromatic rings. The highest BCUT2D eigenvalue weighted by atomic mass is 32.1. The van der Waals surface area contributed by atoms with Crippen molar-refractivity contribution in [1.29, 1.82) is 0 Å². The van der Waals surface area contributed by atoms with Gasteiger partial charge in [-0.2, -0.15) is 0 Å². The molecule has 6 nitrogen and oxygen atoms in total. The lowest BCUT2D eigenvalue weighted by Crippen LogP contribution is -2.22. The number of hydrogen-bond donors (Lipinski definition) is 1. The zero-order valence-electron chi connectivity index (χ0n) is 13.5. The maximum Gasteiger partial charge on any atom is 0.259 e. The number of pyridine rings is 1. The number of aromatic amines is 2. The molecule has 0 spiro atoms. The van der Waals surface area contributed by atoms with Gasteiger partial charge < -0.3 is 9.67 Å². The Balaban J connectivity index is 2.00. The maximum absolute atomic E-state index is 12.7. The SMILES string of the molecule is Cc1ccc(-n2c([O-])c(C=NCc3cccc[nH+]3)c(=O)[nH]c2=S)cc1. The lowest BCUT2D eigenvalue weighted by molar-refractivity contribution is -0.390. The van der Waals surface area contributed by atoms with E-state index in [4.69, 9.17) is 12.2 Å². The third kappa shape index (κ3) is 3.72. The van der Waals surface area contributed by atoms with Gasteiger partial charge in [0.15, 0.2) is 11.0 Å². The minimum Gasteiger partial charge on any atom is -0.859 e. The standard InChI is InChI=1S/C18H16N4O2S/c1-12-5-7-14(8-6-12)22-17(24)15(16(23)21-18(22)25)11-19-10-13-4-2-3-9-20-13/h2-9,11,24H,10H2,1H3,(H,21,23,25). The number of nitrogens with zero attached hydrogens (tertiary/aromatic N) is 2. The molecule has 25 heavy (non-hydrogen) atoms. The molecule has 0 amide bonds.